The van der Waals surface area contributed by atoms with Crippen LogP contribution in [-0.4, -0.2) is 25.0 Å². The van der Waals surface area contributed by atoms with Crippen LogP contribution in [0.25, 0.3) is 0 Å². The summed E-state index contributed by atoms with van der Waals surface area (Å²) < 4.78 is 0. The van der Waals surface area contributed by atoms with Gasteiger partial charge in [0.25, 0.3) is 0 Å². The van der Waals surface area contributed by atoms with Gasteiger partial charge in [-0.2, -0.15) is 0 Å². The maximum atomic E-state index is 12.0. The molecule has 1 amide bonds. The van der Waals surface area contributed by atoms with Gasteiger partial charge in [0.05, 0.1) is 6.42 Å². The topological polar surface area (TPSA) is 41.1 Å². The van der Waals surface area contributed by atoms with E-state index in [4.69, 9.17) is 0 Å². The van der Waals surface area contributed by atoms with Crippen molar-refractivity contribution in [1.82, 2.24) is 10.6 Å². The molecule has 3 heteroatoms. The molecule has 0 radical (unpaired) electrons. The highest BCUT2D eigenvalue weighted by atomic mass is 16.1. The van der Waals surface area contributed by atoms with Crippen LogP contribution in [0.15, 0.2) is 30.3 Å². The fourth-order valence-corrected chi connectivity index (χ4v) is 2.61. The first kappa shape index (κ1) is 13.1. The van der Waals surface area contributed by atoms with Gasteiger partial charge in [-0.05, 0) is 24.4 Å². The lowest BCUT2D eigenvalue weighted by molar-refractivity contribution is -0.121. The molecule has 3 nitrogen and oxygen atoms in total. The fraction of sp³-hybridized carbons (Fsp3) is 0.533. The molecule has 1 heterocycles. The molecule has 2 N–H and O–H groups in total. The number of amides is 1. The van der Waals surface area contributed by atoms with E-state index in [0.29, 0.717) is 18.4 Å². The molecular weight excluding hydrogens is 224 g/mol. The standard InChI is InChI=1S/C15H22N2O/c1-2-13-8-9-16-11-14(13)17-15(18)10-12-6-4-3-5-7-12/h3-7,13-14,16H,2,8-11H2,1H3,(H,17,18). The molecule has 0 saturated carbocycles. The Morgan fingerprint density at radius 3 is 2.89 bits per heavy atom. The minimum absolute atomic E-state index is 0.133. The number of hydrogen-bond donors (Lipinski definition) is 2. The lowest BCUT2D eigenvalue weighted by atomic mass is 9.90. The van der Waals surface area contributed by atoms with E-state index in [2.05, 4.69) is 17.6 Å². The minimum Gasteiger partial charge on any atom is -0.352 e. The summed E-state index contributed by atoms with van der Waals surface area (Å²) >= 11 is 0. The molecule has 0 spiro atoms. The average molecular weight is 246 g/mol. The second kappa shape index (κ2) is 6.55. The molecule has 1 aromatic rings. The molecule has 0 aromatic heterocycles. The van der Waals surface area contributed by atoms with Gasteiger partial charge in [0.1, 0.15) is 0 Å². The summed E-state index contributed by atoms with van der Waals surface area (Å²) in [6.45, 7) is 4.18. The number of carbonyl (C=O) groups is 1. The predicted molar refractivity (Wildman–Crippen MR) is 73.3 cm³/mol. The maximum absolute atomic E-state index is 12.0. The van der Waals surface area contributed by atoms with Crippen LogP contribution in [0.5, 0.6) is 0 Å². The van der Waals surface area contributed by atoms with Gasteiger partial charge < -0.3 is 10.6 Å². The zero-order valence-electron chi connectivity index (χ0n) is 11.0. The summed E-state index contributed by atoms with van der Waals surface area (Å²) in [6.07, 6.45) is 2.78. The smallest absolute Gasteiger partial charge is 0.224 e. The van der Waals surface area contributed by atoms with E-state index in [-0.39, 0.29) is 5.91 Å². The van der Waals surface area contributed by atoms with Crippen molar-refractivity contribution in [2.75, 3.05) is 13.1 Å². The molecule has 1 aliphatic heterocycles. The van der Waals surface area contributed by atoms with E-state index in [0.717, 1.165) is 31.5 Å². The SMILES string of the molecule is CCC1CCNCC1NC(=O)Cc1ccccc1. The number of piperidine rings is 1. The van der Waals surface area contributed by atoms with Gasteiger partial charge in [-0.3, -0.25) is 4.79 Å². The van der Waals surface area contributed by atoms with E-state index >= 15 is 0 Å². The zero-order valence-corrected chi connectivity index (χ0v) is 11.0. The summed E-state index contributed by atoms with van der Waals surface area (Å²) in [7, 11) is 0. The van der Waals surface area contributed by atoms with E-state index in [9.17, 15) is 4.79 Å². The van der Waals surface area contributed by atoms with E-state index in [1.54, 1.807) is 0 Å². The molecule has 0 bridgehead atoms. The highest BCUT2D eigenvalue weighted by molar-refractivity contribution is 5.78. The third kappa shape index (κ3) is 3.57. The third-order valence-corrected chi connectivity index (χ3v) is 3.70. The Hall–Kier alpha value is -1.35. The first-order chi connectivity index (χ1) is 8.79. The number of carbonyl (C=O) groups excluding carboxylic acids is 1. The van der Waals surface area contributed by atoms with E-state index in [1.807, 2.05) is 30.3 Å². The number of benzene rings is 1. The molecule has 1 aliphatic rings. The van der Waals surface area contributed by atoms with Gasteiger partial charge >= 0.3 is 0 Å². The van der Waals surface area contributed by atoms with E-state index in [1.165, 1.54) is 0 Å². The van der Waals surface area contributed by atoms with Crippen LogP contribution < -0.4 is 10.6 Å². The van der Waals surface area contributed by atoms with Crippen molar-refractivity contribution in [3.8, 4) is 0 Å². The summed E-state index contributed by atoms with van der Waals surface area (Å²) in [6, 6.07) is 10.2. The van der Waals surface area contributed by atoms with Gasteiger partial charge in [0.2, 0.25) is 5.91 Å². The Morgan fingerprint density at radius 1 is 1.39 bits per heavy atom. The van der Waals surface area contributed by atoms with Crippen molar-refractivity contribution >= 4 is 5.91 Å². The monoisotopic (exact) mass is 246 g/mol. The quantitative estimate of drug-likeness (QED) is 0.849. The second-order valence-electron chi connectivity index (χ2n) is 5.00. The van der Waals surface area contributed by atoms with Crippen LogP contribution in [0.2, 0.25) is 0 Å². The highest BCUT2D eigenvalue weighted by Gasteiger charge is 2.24. The van der Waals surface area contributed by atoms with Gasteiger partial charge in [0, 0.05) is 12.6 Å². The Labute approximate surface area is 109 Å². The van der Waals surface area contributed by atoms with Crippen molar-refractivity contribution in [3.05, 3.63) is 35.9 Å². The lowest BCUT2D eigenvalue weighted by Crippen LogP contribution is -2.51. The first-order valence-electron chi connectivity index (χ1n) is 6.83. The average Bonchev–Trinajstić information content (AvgIpc) is 2.40. The van der Waals surface area contributed by atoms with Crippen LogP contribution in [-0.2, 0) is 11.2 Å². The van der Waals surface area contributed by atoms with Crippen LogP contribution in [0, 0.1) is 5.92 Å². The number of nitrogens with one attached hydrogen (secondary N) is 2. The molecule has 2 atom stereocenters. The maximum Gasteiger partial charge on any atom is 0.224 e. The first-order valence-corrected chi connectivity index (χ1v) is 6.83. The Morgan fingerprint density at radius 2 is 2.17 bits per heavy atom. The predicted octanol–water partition coefficient (Wildman–Crippen LogP) is 1.73. The molecule has 98 valence electrons. The van der Waals surface area contributed by atoms with Crippen LogP contribution in [0.4, 0.5) is 0 Å². The summed E-state index contributed by atoms with van der Waals surface area (Å²) in [5.74, 6) is 0.749. The van der Waals surface area contributed by atoms with E-state index < -0.39 is 0 Å². The van der Waals surface area contributed by atoms with Gasteiger partial charge in [-0.1, -0.05) is 43.7 Å². The molecule has 2 unspecified atom stereocenters. The van der Waals surface area contributed by atoms with Gasteiger partial charge in [-0.25, -0.2) is 0 Å². The van der Waals surface area contributed by atoms with Crippen LogP contribution in [0.1, 0.15) is 25.3 Å². The number of rotatable bonds is 4. The fourth-order valence-electron chi connectivity index (χ4n) is 2.61. The van der Waals surface area contributed by atoms with Crippen molar-refractivity contribution in [2.45, 2.75) is 32.2 Å². The van der Waals surface area contributed by atoms with Crippen molar-refractivity contribution in [2.24, 2.45) is 5.92 Å². The molecule has 2 rings (SSSR count). The summed E-state index contributed by atoms with van der Waals surface area (Å²) in [5, 5.41) is 6.52. The van der Waals surface area contributed by atoms with Gasteiger partial charge in [0.15, 0.2) is 0 Å². The molecule has 1 saturated heterocycles. The largest absolute Gasteiger partial charge is 0.352 e. The zero-order chi connectivity index (χ0) is 12.8. The van der Waals surface area contributed by atoms with Crippen LogP contribution >= 0.6 is 0 Å². The normalized spacial score (nSPS) is 23.6. The van der Waals surface area contributed by atoms with Crippen molar-refractivity contribution in [3.63, 3.8) is 0 Å². The van der Waals surface area contributed by atoms with Gasteiger partial charge in [-0.15, -0.1) is 0 Å². The Balaban J connectivity index is 1.86. The Bertz CT molecular complexity index is 377. The molecule has 0 aliphatic carbocycles. The summed E-state index contributed by atoms with van der Waals surface area (Å²) in [5.41, 5.74) is 1.08. The summed E-state index contributed by atoms with van der Waals surface area (Å²) in [4.78, 5) is 12.0. The minimum atomic E-state index is 0.133. The number of hydrogen-bond acceptors (Lipinski definition) is 2. The van der Waals surface area contributed by atoms with Crippen molar-refractivity contribution < 1.29 is 4.79 Å². The highest BCUT2D eigenvalue weighted by Crippen LogP contribution is 2.16. The van der Waals surface area contributed by atoms with Crippen molar-refractivity contribution in [1.29, 1.82) is 0 Å². The molecule has 1 fully saturated rings. The molecule has 18 heavy (non-hydrogen) atoms. The molecule has 1 aromatic carbocycles. The molecular formula is C15H22N2O. The third-order valence-electron chi connectivity index (χ3n) is 3.70. The van der Waals surface area contributed by atoms with Crippen LogP contribution in [0.3, 0.4) is 0 Å². The Kier molecular flexibility index (Phi) is 4.76. The second-order valence-corrected chi connectivity index (χ2v) is 5.00. The lowest BCUT2D eigenvalue weighted by Gasteiger charge is -2.32.